The number of aromatic hydroxyl groups is 2. The normalized spacial score (nSPS) is 10.0. The molecule has 9 rings (SSSR count). The summed E-state index contributed by atoms with van der Waals surface area (Å²) in [5, 5.41) is 51.0. The van der Waals surface area contributed by atoms with Crippen LogP contribution in [0.2, 0.25) is 0 Å². The Balaban J connectivity index is 0.000000299. The number of Topliss-reactive ketones (excluding diaryl/α,β-unsaturated/α-hetero) is 4. The van der Waals surface area contributed by atoms with Gasteiger partial charge in [-0.15, -0.1) is 0 Å². The zero-order valence-corrected chi connectivity index (χ0v) is 57.3. The molecule has 0 bridgehead atoms. The average Bonchev–Trinajstić information content (AvgIpc) is 1.66. The van der Waals surface area contributed by atoms with E-state index in [1.165, 1.54) is 60.6 Å². The molecule has 510 valence electrons. The molecule has 5 N–H and O–H groups in total. The van der Waals surface area contributed by atoms with E-state index in [2.05, 4.69) is 61.5 Å². The number of nitrogens with two attached hydrogens (primary N) is 1. The molecule has 9 aromatic rings. The quantitative estimate of drug-likeness (QED) is 0.00667. The second-order valence-corrected chi connectivity index (χ2v) is 21.5. The molecule has 98 heavy (non-hydrogen) atoms. The van der Waals surface area contributed by atoms with Gasteiger partial charge in [0.2, 0.25) is 0 Å². The number of benzene rings is 7. The molecule has 0 radical (unpaired) electrons. The molecule has 0 unspecified atom stereocenters. The van der Waals surface area contributed by atoms with Gasteiger partial charge in [-0.2, -0.15) is 0 Å². The summed E-state index contributed by atoms with van der Waals surface area (Å²) in [6, 6.07) is 36.4. The number of esters is 3. The molecular weight excluding hydrogens is 1330 g/mol. The van der Waals surface area contributed by atoms with Crippen LogP contribution in [0.3, 0.4) is 0 Å². The van der Waals surface area contributed by atoms with E-state index in [4.69, 9.17) is 50.8 Å². The Morgan fingerprint density at radius 1 is 0.459 bits per heavy atom. The highest BCUT2D eigenvalue weighted by atomic mass is 79.9. The number of aromatic nitrogens is 2. The maximum atomic E-state index is 11.3. The van der Waals surface area contributed by atoms with Crippen LogP contribution in [0.15, 0.2) is 157 Å². The number of azide groups is 3. The van der Waals surface area contributed by atoms with Gasteiger partial charge in [0.25, 0.3) is 0 Å². The number of halogens is 1. The molecule has 0 aliphatic heterocycles. The molecule has 0 saturated heterocycles. The second-order valence-electron chi connectivity index (χ2n) is 20.9. The van der Waals surface area contributed by atoms with E-state index in [9.17, 15) is 43.8 Å². The first kappa shape index (κ1) is 80.2. The zero-order chi connectivity index (χ0) is 73.2. The lowest BCUT2D eigenvalue weighted by Gasteiger charge is -2.07. The maximum absolute atomic E-state index is 11.3. The molecule has 7 aromatic carbocycles. The van der Waals surface area contributed by atoms with Gasteiger partial charge in [-0.1, -0.05) is 89.2 Å². The average molecular weight is 1400 g/mol. The number of hydrogen-bond acceptors (Lipinski definition) is 22. The van der Waals surface area contributed by atoms with Crippen molar-refractivity contribution in [3.63, 3.8) is 0 Å². The summed E-state index contributed by atoms with van der Waals surface area (Å²) in [7, 11) is 0. The van der Waals surface area contributed by atoms with E-state index in [-0.39, 0.29) is 53.5 Å². The van der Waals surface area contributed by atoms with Gasteiger partial charge in [0.15, 0.2) is 34.3 Å². The Morgan fingerprint density at radius 3 is 1.18 bits per heavy atom. The summed E-state index contributed by atoms with van der Waals surface area (Å²) in [4.78, 5) is 85.0. The van der Waals surface area contributed by atoms with Gasteiger partial charge in [0.1, 0.15) is 28.7 Å². The highest BCUT2D eigenvalue weighted by molar-refractivity contribution is 9.08. The summed E-state index contributed by atoms with van der Waals surface area (Å²) in [5.74, 6) is -0.968. The van der Waals surface area contributed by atoms with Crippen molar-refractivity contribution in [2.24, 2.45) is 26.2 Å². The van der Waals surface area contributed by atoms with Crippen molar-refractivity contribution in [1.29, 1.82) is 0 Å². The molecule has 0 aliphatic rings. The molecule has 0 aliphatic carbocycles. The van der Waals surface area contributed by atoms with Gasteiger partial charge in [-0.05, 0) is 203 Å². The van der Waals surface area contributed by atoms with E-state index < -0.39 is 17.9 Å². The Hall–Kier alpha value is -12.0. The fraction of sp³-hybridized carbons (Fsp3) is 0.246. The smallest absolute Gasteiger partial charge is 0.308 e. The minimum absolute atomic E-state index is 0.00376. The topological polar surface area (TPSA) is 445 Å². The summed E-state index contributed by atoms with van der Waals surface area (Å²) in [6.45, 7) is 19.9. The fourth-order valence-electron chi connectivity index (χ4n) is 8.29. The SMILES string of the molecule is CC(=NO)c1ccc(CN=[N+]=[N-])cc1O.CC(=O)Oc1cc(C)ccc1C(C)=O.CC(=O)Oc1cc(CBr)ccc1C(C)=O.CC(=O)Oc1cc(CN=[N+]=[N-])ccc1C(C)=O.CC(=O)c1ccc(C)cc1O.Cc1noc2cc(CN)ccc12.Cc1noc2cc(CN=[N+]=[N-])ccc12. The van der Waals surface area contributed by atoms with Gasteiger partial charge in [0, 0.05) is 63.7 Å². The third-order valence-corrected chi connectivity index (χ3v) is 13.7. The number of fused-ring (bicyclic) bond motifs is 2. The number of ketones is 4. The van der Waals surface area contributed by atoms with E-state index in [0.717, 1.165) is 61.1 Å². The number of hydrogen-bond donors (Lipinski definition) is 4. The number of aryl methyl sites for hydroxylation is 4. The van der Waals surface area contributed by atoms with Crippen molar-refractivity contribution in [3.05, 3.63) is 237 Å². The molecule has 29 heteroatoms. The van der Waals surface area contributed by atoms with Crippen LogP contribution in [0.1, 0.15) is 153 Å². The van der Waals surface area contributed by atoms with Crippen molar-refractivity contribution in [1.82, 2.24) is 10.3 Å². The molecule has 0 spiro atoms. The second kappa shape index (κ2) is 41.0. The summed E-state index contributed by atoms with van der Waals surface area (Å²) in [6.07, 6.45) is 0. The molecule has 28 nitrogen and oxygen atoms in total. The largest absolute Gasteiger partial charge is 0.507 e. The van der Waals surface area contributed by atoms with Crippen molar-refractivity contribution in [2.45, 2.75) is 115 Å². The number of carbonyl (C=O) groups excluding carboxylic acids is 7. The van der Waals surface area contributed by atoms with Crippen molar-refractivity contribution < 1.29 is 72.2 Å². The first-order chi connectivity index (χ1) is 46.5. The lowest BCUT2D eigenvalue weighted by molar-refractivity contribution is -0.132. The highest BCUT2D eigenvalue weighted by Crippen LogP contribution is 2.27. The van der Waals surface area contributed by atoms with Gasteiger partial charge in [0.05, 0.1) is 59.0 Å². The van der Waals surface area contributed by atoms with Crippen molar-refractivity contribution in [2.75, 3.05) is 0 Å². The van der Waals surface area contributed by atoms with Gasteiger partial charge >= 0.3 is 17.9 Å². The first-order valence-electron chi connectivity index (χ1n) is 29.3. The number of carbonyl (C=O) groups is 7. The van der Waals surface area contributed by atoms with Crippen molar-refractivity contribution in [3.8, 4) is 28.7 Å². The number of nitrogens with zero attached hydrogens (tertiary/aromatic N) is 12. The molecule has 0 saturated carbocycles. The van der Waals surface area contributed by atoms with Crippen LogP contribution >= 0.6 is 15.9 Å². The minimum atomic E-state index is -0.506. The number of phenolic OH excluding ortho intramolecular Hbond substituents is 2. The number of alkyl halides is 1. The van der Waals surface area contributed by atoms with Crippen LogP contribution in [0.4, 0.5) is 0 Å². The van der Waals surface area contributed by atoms with Crippen LogP contribution in [0, 0.1) is 27.7 Å². The van der Waals surface area contributed by atoms with E-state index >= 15 is 0 Å². The summed E-state index contributed by atoms with van der Waals surface area (Å²) < 4.78 is 25.0. The Bertz CT molecular complexity index is 4530. The van der Waals surface area contributed by atoms with E-state index in [1.807, 2.05) is 76.2 Å². The standard InChI is InChI=1S/C11H11BrO3.C11H11N3O3.C11H12O3.C9H10N4O2.C9H8N4O.C9H10N2O.C9H10O2/c1-7(13)10-4-3-9(6-12)5-11(10)15-8(2)14;1-7(15)10-4-3-9(6-13-14-12)5-11(10)17-8(2)16;1-7-4-5-10(8(2)12)11(6-7)14-9(3)13;1-6(12-15)8-3-2-7(4-9(8)14)5-11-13-10;1-6-8-3-2-7(5-11-13-10)4-9(8)14-12-6;1-6-8-3-2-7(5-10)4-9(8)12-11-6;1-6-3-4-8(7(2)10)9(11)5-6/h3-5H,6H2,1-2H3;3-5H,6H2,1-2H3;4-6H,1-3H3;2-4,14-15H,5H2,1H3;2-4H,5H2,1H3;2-4H,5,10H2,1H3;3-5,11H,1-2H3. The number of phenols is 2. The predicted molar refractivity (Wildman–Crippen MR) is 370 cm³/mol. The fourth-order valence-corrected chi connectivity index (χ4v) is 8.64. The van der Waals surface area contributed by atoms with Crippen molar-refractivity contribution >= 4 is 84.6 Å². The number of ether oxygens (including phenoxy) is 3. The van der Waals surface area contributed by atoms with Crippen LogP contribution in [0.5, 0.6) is 28.7 Å². The Kier molecular flexibility index (Phi) is 33.5. The Morgan fingerprint density at radius 2 is 0.796 bits per heavy atom. The molecule has 0 fully saturated rings. The third-order valence-electron chi connectivity index (χ3n) is 13.0. The minimum Gasteiger partial charge on any atom is -0.507 e. The Labute approximate surface area is 571 Å². The predicted octanol–water partition coefficient (Wildman–Crippen LogP) is 16.3. The molecular formula is C69H72BrN13O15. The molecule has 2 aromatic heterocycles. The van der Waals surface area contributed by atoms with E-state index in [1.54, 1.807) is 73.7 Å². The van der Waals surface area contributed by atoms with Crippen LogP contribution in [-0.4, -0.2) is 72.5 Å². The molecule has 2 heterocycles. The molecule has 0 amide bonds. The highest BCUT2D eigenvalue weighted by Gasteiger charge is 2.15. The van der Waals surface area contributed by atoms with Crippen LogP contribution in [-0.2, 0) is 45.9 Å². The van der Waals surface area contributed by atoms with Crippen LogP contribution < -0.4 is 19.9 Å². The maximum Gasteiger partial charge on any atom is 0.308 e. The monoisotopic (exact) mass is 1400 g/mol. The van der Waals surface area contributed by atoms with E-state index in [0.29, 0.717) is 74.6 Å². The van der Waals surface area contributed by atoms with Crippen LogP contribution in [0.25, 0.3) is 53.3 Å². The molecule has 0 atom stereocenters. The summed E-state index contributed by atoms with van der Waals surface area (Å²) in [5.41, 5.74) is 41.9. The summed E-state index contributed by atoms with van der Waals surface area (Å²) >= 11 is 3.29. The lowest BCUT2D eigenvalue weighted by Crippen LogP contribution is -2.06. The lowest BCUT2D eigenvalue weighted by atomic mass is 10.1. The number of rotatable bonds is 16. The number of oxime groups is 1. The third kappa shape index (κ3) is 26.8. The van der Waals surface area contributed by atoms with Gasteiger partial charge < -0.3 is 44.4 Å². The van der Waals surface area contributed by atoms with Gasteiger partial charge in [-0.3, -0.25) is 33.6 Å². The van der Waals surface area contributed by atoms with Gasteiger partial charge in [-0.25, -0.2) is 0 Å². The first-order valence-corrected chi connectivity index (χ1v) is 30.4. The zero-order valence-electron chi connectivity index (χ0n) is 55.7.